The molecular weight excluding hydrogens is 236 g/mol. The van der Waals surface area contributed by atoms with Gasteiger partial charge in [-0.1, -0.05) is 0 Å². The van der Waals surface area contributed by atoms with Crippen LogP contribution in [0.3, 0.4) is 0 Å². The van der Waals surface area contributed by atoms with Crippen LogP contribution in [0, 0.1) is 0 Å². The minimum Gasteiger partial charge on any atom is -0.326 e. The number of aromatic nitrogens is 2. The van der Waals surface area contributed by atoms with Crippen molar-refractivity contribution in [2.45, 2.75) is 19.0 Å². The van der Waals surface area contributed by atoms with Crippen molar-refractivity contribution in [3.05, 3.63) is 27.6 Å². The van der Waals surface area contributed by atoms with Crippen molar-refractivity contribution >= 4 is 21.6 Å². The Morgan fingerprint density at radius 1 is 1.65 bits per heavy atom. The molecule has 1 atom stereocenters. The van der Waals surface area contributed by atoms with E-state index < -0.39 is 0 Å². The zero-order valence-electron chi connectivity index (χ0n) is 9.35. The van der Waals surface area contributed by atoms with Crippen molar-refractivity contribution < 1.29 is 0 Å². The summed E-state index contributed by atoms with van der Waals surface area (Å²) in [5, 5.41) is 1.89. The first kappa shape index (κ1) is 10.9. The first-order valence-electron chi connectivity index (χ1n) is 5.67. The molecule has 1 aliphatic rings. The van der Waals surface area contributed by atoms with E-state index in [9.17, 15) is 4.79 Å². The number of hydrogen-bond donors (Lipinski definition) is 2. The second-order valence-corrected chi connectivity index (χ2v) is 5.35. The average Bonchev–Trinajstić information content (AvgIpc) is 2.87. The maximum absolute atomic E-state index is 11.8. The molecule has 0 radical (unpaired) electrons. The number of thiophene rings is 1. The topological polar surface area (TPSA) is 75.0 Å². The lowest BCUT2D eigenvalue weighted by molar-refractivity contribution is 0.318. The van der Waals surface area contributed by atoms with E-state index in [2.05, 4.69) is 14.9 Å². The van der Waals surface area contributed by atoms with Gasteiger partial charge in [0.2, 0.25) is 0 Å². The lowest BCUT2D eigenvalue weighted by atomic mass is 10.3. The van der Waals surface area contributed by atoms with Crippen LogP contribution in [0.25, 0.3) is 10.2 Å². The molecule has 0 saturated carbocycles. The highest BCUT2D eigenvalue weighted by molar-refractivity contribution is 7.17. The molecule has 2 aromatic rings. The molecule has 5 nitrogen and oxygen atoms in total. The van der Waals surface area contributed by atoms with E-state index in [1.54, 1.807) is 0 Å². The maximum atomic E-state index is 11.8. The highest BCUT2D eigenvalue weighted by Crippen LogP contribution is 2.15. The Morgan fingerprint density at radius 2 is 2.53 bits per heavy atom. The number of likely N-dealkylation sites (tertiary alicyclic amines) is 1. The van der Waals surface area contributed by atoms with E-state index in [0.717, 1.165) is 30.9 Å². The standard InChI is InChI=1S/C11H14N4OS/c12-7-1-3-15(5-7)6-9-13-8-2-4-17-10(8)11(16)14-9/h2,4,7H,1,3,5-6,12H2,(H,13,14,16). The fourth-order valence-electron chi connectivity index (χ4n) is 2.21. The summed E-state index contributed by atoms with van der Waals surface area (Å²) in [5.74, 6) is 0.731. The van der Waals surface area contributed by atoms with E-state index in [1.165, 1.54) is 11.3 Å². The van der Waals surface area contributed by atoms with E-state index in [4.69, 9.17) is 5.73 Å². The molecule has 17 heavy (non-hydrogen) atoms. The van der Waals surface area contributed by atoms with Gasteiger partial charge >= 0.3 is 0 Å². The van der Waals surface area contributed by atoms with Gasteiger partial charge in [-0.2, -0.15) is 0 Å². The number of H-pyrrole nitrogens is 1. The van der Waals surface area contributed by atoms with Gasteiger partial charge in [0.15, 0.2) is 0 Å². The van der Waals surface area contributed by atoms with Crippen LogP contribution >= 0.6 is 11.3 Å². The quantitative estimate of drug-likeness (QED) is 0.814. The Balaban J connectivity index is 1.88. The van der Waals surface area contributed by atoms with Gasteiger partial charge in [0.1, 0.15) is 10.5 Å². The third-order valence-corrected chi connectivity index (χ3v) is 3.95. The maximum Gasteiger partial charge on any atom is 0.268 e. The fourth-order valence-corrected chi connectivity index (χ4v) is 2.94. The zero-order chi connectivity index (χ0) is 11.8. The predicted octanol–water partition coefficient (Wildman–Crippen LogP) is 0.518. The molecule has 6 heteroatoms. The molecule has 3 rings (SSSR count). The van der Waals surface area contributed by atoms with E-state index in [-0.39, 0.29) is 11.6 Å². The lowest BCUT2D eigenvalue weighted by Crippen LogP contribution is -2.27. The Labute approximate surface area is 102 Å². The Bertz CT molecular complexity index is 590. The van der Waals surface area contributed by atoms with Gasteiger partial charge in [-0.15, -0.1) is 11.3 Å². The molecule has 0 aromatic carbocycles. The second kappa shape index (κ2) is 4.21. The van der Waals surface area contributed by atoms with E-state index >= 15 is 0 Å². The number of fused-ring (bicyclic) bond motifs is 1. The van der Waals surface area contributed by atoms with Gasteiger partial charge in [-0.3, -0.25) is 9.69 Å². The minimum atomic E-state index is -0.0384. The Morgan fingerprint density at radius 3 is 3.29 bits per heavy atom. The van der Waals surface area contributed by atoms with Gasteiger partial charge in [-0.25, -0.2) is 4.98 Å². The molecule has 3 heterocycles. The minimum absolute atomic E-state index is 0.0384. The monoisotopic (exact) mass is 250 g/mol. The van der Waals surface area contributed by atoms with Crippen LogP contribution in [0.4, 0.5) is 0 Å². The smallest absolute Gasteiger partial charge is 0.268 e. The normalized spacial score (nSPS) is 21.4. The van der Waals surface area contributed by atoms with Gasteiger partial charge in [0.05, 0.1) is 12.1 Å². The summed E-state index contributed by atoms with van der Waals surface area (Å²) < 4.78 is 0.701. The number of nitrogens with two attached hydrogens (primary N) is 1. The number of nitrogens with one attached hydrogen (secondary N) is 1. The summed E-state index contributed by atoms with van der Waals surface area (Å²) in [6.45, 7) is 2.53. The van der Waals surface area contributed by atoms with E-state index in [1.807, 2.05) is 11.4 Å². The van der Waals surface area contributed by atoms with Crippen LogP contribution in [0.1, 0.15) is 12.2 Å². The van der Waals surface area contributed by atoms with Crippen molar-refractivity contribution in [2.75, 3.05) is 13.1 Å². The highest BCUT2D eigenvalue weighted by atomic mass is 32.1. The molecule has 1 aliphatic heterocycles. The predicted molar refractivity (Wildman–Crippen MR) is 68.1 cm³/mol. The molecule has 0 amide bonds. The molecule has 0 spiro atoms. The van der Waals surface area contributed by atoms with Crippen molar-refractivity contribution in [1.82, 2.24) is 14.9 Å². The van der Waals surface area contributed by atoms with Crippen LogP contribution in [0.5, 0.6) is 0 Å². The number of aromatic amines is 1. The van der Waals surface area contributed by atoms with Crippen LogP contribution < -0.4 is 11.3 Å². The van der Waals surface area contributed by atoms with Crippen LogP contribution in [0.2, 0.25) is 0 Å². The summed E-state index contributed by atoms with van der Waals surface area (Å²) in [7, 11) is 0. The third-order valence-electron chi connectivity index (χ3n) is 3.05. The van der Waals surface area contributed by atoms with Crippen molar-refractivity contribution in [2.24, 2.45) is 5.73 Å². The van der Waals surface area contributed by atoms with Crippen LogP contribution in [-0.4, -0.2) is 34.0 Å². The van der Waals surface area contributed by atoms with Crippen LogP contribution in [0.15, 0.2) is 16.2 Å². The molecule has 90 valence electrons. The molecule has 1 saturated heterocycles. The Kier molecular flexibility index (Phi) is 2.70. The summed E-state index contributed by atoms with van der Waals surface area (Å²) in [6.07, 6.45) is 1.02. The first-order chi connectivity index (χ1) is 8.22. The summed E-state index contributed by atoms with van der Waals surface area (Å²) >= 11 is 1.43. The van der Waals surface area contributed by atoms with Gasteiger partial charge in [0.25, 0.3) is 5.56 Å². The number of rotatable bonds is 2. The third kappa shape index (κ3) is 2.11. The lowest BCUT2D eigenvalue weighted by Gasteiger charge is -2.13. The highest BCUT2D eigenvalue weighted by Gasteiger charge is 2.19. The van der Waals surface area contributed by atoms with Crippen molar-refractivity contribution in [3.63, 3.8) is 0 Å². The molecule has 1 fully saturated rings. The second-order valence-electron chi connectivity index (χ2n) is 4.43. The molecule has 0 bridgehead atoms. The van der Waals surface area contributed by atoms with Crippen molar-refractivity contribution in [1.29, 1.82) is 0 Å². The fraction of sp³-hybridized carbons (Fsp3) is 0.455. The molecule has 0 aliphatic carbocycles. The summed E-state index contributed by atoms with van der Waals surface area (Å²) in [4.78, 5) is 21.3. The number of hydrogen-bond acceptors (Lipinski definition) is 5. The van der Waals surface area contributed by atoms with Gasteiger partial charge in [0, 0.05) is 19.1 Å². The van der Waals surface area contributed by atoms with Gasteiger partial charge < -0.3 is 10.7 Å². The molecule has 2 aromatic heterocycles. The molecular formula is C11H14N4OS. The molecule has 3 N–H and O–H groups in total. The molecule has 1 unspecified atom stereocenters. The first-order valence-corrected chi connectivity index (χ1v) is 6.54. The van der Waals surface area contributed by atoms with Crippen LogP contribution in [-0.2, 0) is 6.54 Å². The Hall–Kier alpha value is -1.24. The SMILES string of the molecule is NC1CCN(Cc2nc3ccsc3c(=O)[nH]2)C1. The zero-order valence-corrected chi connectivity index (χ0v) is 10.2. The average molecular weight is 250 g/mol. The largest absolute Gasteiger partial charge is 0.326 e. The summed E-state index contributed by atoms with van der Waals surface area (Å²) in [6, 6.07) is 2.14. The summed E-state index contributed by atoms with van der Waals surface area (Å²) in [5.41, 5.74) is 6.60. The number of nitrogens with zero attached hydrogens (tertiary/aromatic N) is 2. The van der Waals surface area contributed by atoms with Crippen molar-refractivity contribution in [3.8, 4) is 0 Å². The van der Waals surface area contributed by atoms with E-state index in [0.29, 0.717) is 11.2 Å². The van der Waals surface area contributed by atoms with Gasteiger partial charge in [-0.05, 0) is 17.9 Å².